The first-order chi connectivity index (χ1) is 72.2. The predicted molar refractivity (Wildman–Crippen MR) is 581 cm³/mol. The number of piperidine rings is 4. The number of fused-ring (bicyclic) bond motifs is 4. The molecule has 8 unspecified atom stereocenters. The maximum atomic E-state index is 13.4. The summed E-state index contributed by atoms with van der Waals surface area (Å²) in [6.45, 7) is 51.0. The van der Waals surface area contributed by atoms with Crippen molar-refractivity contribution >= 4 is 99.6 Å². The van der Waals surface area contributed by atoms with E-state index in [4.69, 9.17) is 40.7 Å². The van der Waals surface area contributed by atoms with E-state index in [1.54, 1.807) is 89.8 Å². The average Bonchev–Trinajstić information content (AvgIpc) is 1.53. The van der Waals surface area contributed by atoms with Gasteiger partial charge in [0.1, 0.15) is 24.8 Å². The number of unbranched alkanes of at least 4 members (excludes halogenated alkanes) is 10. The van der Waals surface area contributed by atoms with E-state index in [1.165, 1.54) is 46.3 Å². The number of imide groups is 4. The number of likely N-dealkylation sites (tertiary alicyclic amines) is 4. The van der Waals surface area contributed by atoms with Crippen molar-refractivity contribution in [2.45, 2.75) is 401 Å². The van der Waals surface area contributed by atoms with Crippen molar-refractivity contribution in [2.75, 3.05) is 91.8 Å². The second-order valence-electron chi connectivity index (χ2n) is 41.8. The maximum absolute atomic E-state index is 13.4. The van der Waals surface area contributed by atoms with Gasteiger partial charge >= 0.3 is 11.9 Å². The van der Waals surface area contributed by atoms with Crippen LogP contribution in [-0.4, -0.2) is 283 Å². The van der Waals surface area contributed by atoms with Gasteiger partial charge in [0.2, 0.25) is 24.9 Å². The number of carbonyl (C=O) groups excluding carboxylic acids is 14. The molecule has 0 spiro atoms. The topological polar surface area (TPSA) is 335 Å². The highest BCUT2D eigenvalue weighted by Crippen LogP contribution is 2.51. The molecule has 824 valence electrons. The Morgan fingerprint density at radius 2 is 0.693 bits per heavy atom. The Bertz CT molecular complexity index is 5040. The van der Waals surface area contributed by atoms with Crippen molar-refractivity contribution in [3.05, 3.63) is 164 Å². The van der Waals surface area contributed by atoms with Gasteiger partial charge in [0.15, 0.2) is 11.4 Å². The van der Waals surface area contributed by atoms with Crippen molar-refractivity contribution in [3.63, 3.8) is 0 Å². The minimum atomic E-state index is -1.38. The van der Waals surface area contributed by atoms with Crippen LogP contribution in [0.1, 0.15) is 424 Å². The Balaban J connectivity index is 0.000000223. The average molecular weight is 2110 g/mol. The number of ketones is 2. The van der Waals surface area contributed by atoms with Crippen molar-refractivity contribution in [1.29, 1.82) is 0 Å². The van der Waals surface area contributed by atoms with E-state index in [2.05, 4.69) is 105 Å². The molecule has 8 heterocycles. The highest BCUT2D eigenvalue weighted by molar-refractivity contribution is 7.45. The molecule has 4 saturated heterocycles. The molecule has 8 aliphatic rings. The third-order valence-corrected chi connectivity index (χ3v) is 33.5. The van der Waals surface area contributed by atoms with Gasteiger partial charge in [-0.05, 0) is 253 Å². The number of Topliss-reactive ketones (excluding diaryl/α,β-unsaturated/α-hetero) is 2. The number of rotatable bonds is 58. The van der Waals surface area contributed by atoms with E-state index in [0.29, 0.717) is 179 Å². The normalized spacial score (nSPS) is 19.5. The second kappa shape index (κ2) is 63.7. The van der Waals surface area contributed by atoms with Crippen LogP contribution in [0.5, 0.6) is 0 Å². The van der Waals surface area contributed by atoms with Gasteiger partial charge in [-0.25, -0.2) is 22.5 Å². The molecule has 10 amide bonds. The van der Waals surface area contributed by atoms with Crippen LogP contribution in [0.15, 0.2) is 97.1 Å². The summed E-state index contributed by atoms with van der Waals surface area (Å²) in [5.74, 6) is -2.35. The van der Waals surface area contributed by atoms with Crippen LogP contribution in [0.4, 0.5) is 0 Å². The lowest BCUT2D eigenvalue weighted by atomic mass is 9.92. The van der Waals surface area contributed by atoms with Gasteiger partial charge in [-0.15, -0.1) is 0 Å². The highest BCUT2D eigenvalue weighted by Gasteiger charge is 2.48. The van der Waals surface area contributed by atoms with Crippen LogP contribution in [0.2, 0.25) is 0 Å². The molecule has 4 aromatic carbocycles. The SMILES string of the molecule is CCCC1(OC(=O)CCC(C)=O)CCCCN1C(=O)CCCCCN1C(=O)c2ccccc2C1=O.CCCC1(OC(=O)CCC(C)=O)CCCCN1CCCCCCN1C(=O)c2ccccc2C1=O.[C-]#[N+]CCOP(OC(CC)C1CCCCN1C(=O)CCCCCN1C(=O)c2ccccc2C1=O)N(C(C)C)C(C)C.[C-]#[N+]CCOP(OC(CC)C1CCCCN1CCCCCCN1C(=O)c2ccccc2C1=O)N(C(C)C)C(C)C. The molecule has 34 heteroatoms. The minimum absolute atomic E-state index is 0.00297. The lowest BCUT2D eigenvalue weighted by Gasteiger charge is -2.46. The first-order valence-electron chi connectivity index (χ1n) is 55.9. The summed E-state index contributed by atoms with van der Waals surface area (Å²) in [5, 5.41) is 0. The third-order valence-electron chi connectivity index (χ3n) is 29.2. The lowest BCUT2D eigenvalue weighted by molar-refractivity contribution is -0.200. The first-order valence-corrected chi connectivity index (χ1v) is 58.2. The lowest BCUT2D eigenvalue weighted by Crippen LogP contribution is -2.57. The molecule has 4 aromatic rings. The number of ether oxygens (including phenoxy) is 2. The number of esters is 2. The van der Waals surface area contributed by atoms with E-state index >= 15 is 0 Å². The molecular formula is C116H170N12O20P2. The number of benzene rings is 4. The quantitative estimate of drug-likeness (QED) is 0.0130. The molecule has 8 atom stereocenters. The van der Waals surface area contributed by atoms with Gasteiger partial charge in [-0.3, -0.25) is 86.9 Å². The summed E-state index contributed by atoms with van der Waals surface area (Å²) < 4.78 is 42.4. The Kier molecular flexibility index (Phi) is 52.6. The second-order valence-corrected chi connectivity index (χ2v) is 44.6. The summed E-state index contributed by atoms with van der Waals surface area (Å²) in [5.41, 5.74) is 2.42. The van der Waals surface area contributed by atoms with Crippen LogP contribution in [0.3, 0.4) is 0 Å². The summed E-state index contributed by atoms with van der Waals surface area (Å²) >= 11 is 0. The minimum Gasteiger partial charge on any atom is -0.444 e. The van der Waals surface area contributed by atoms with Crippen LogP contribution in [-0.2, 0) is 56.3 Å². The third kappa shape index (κ3) is 35.1. The number of amides is 10. The summed E-state index contributed by atoms with van der Waals surface area (Å²) in [7, 11) is -2.63. The smallest absolute Gasteiger partial charge is 0.308 e. The van der Waals surface area contributed by atoms with E-state index in [1.807, 2.05) is 24.0 Å². The number of nitrogens with zero attached hydrogens (tertiary/aromatic N) is 12. The molecule has 4 fully saturated rings. The van der Waals surface area contributed by atoms with Gasteiger partial charge in [-0.2, -0.15) is 0 Å². The number of hydrogen-bond donors (Lipinski definition) is 0. The van der Waals surface area contributed by atoms with Crippen molar-refractivity contribution in [1.82, 2.24) is 48.5 Å². The zero-order valence-electron chi connectivity index (χ0n) is 92.1. The first kappa shape index (κ1) is 124. The molecule has 0 aliphatic carbocycles. The molecule has 0 saturated carbocycles. The van der Waals surface area contributed by atoms with Gasteiger partial charge in [0.05, 0.1) is 75.6 Å². The molecule has 32 nitrogen and oxygen atoms in total. The summed E-state index contributed by atoms with van der Waals surface area (Å²) in [6, 6.07) is 29.3. The van der Waals surface area contributed by atoms with E-state index in [0.717, 1.165) is 180 Å². The fourth-order valence-corrected chi connectivity index (χ4v) is 25.5. The number of hydrogen-bond acceptors (Lipinski definition) is 24. The molecule has 12 rings (SSSR count). The van der Waals surface area contributed by atoms with Gasteiger partial charge in [-0.1, -0.05) is 134 Å². The van der Waals surface area contributed by atoms with Crippen LogP contribution < -0.4 is 0 Å². The summed E-state index contributed by atoms with van der Waals surface area (Å²) in [6.07, 6.45) is 29.6. The van der Waals surface area contributed by atoms with Crippen molar-refractivity contribution in [2.24, 2.45) is 0 Å². The predicted octanol–water partition coefficient (Wildman–Crippen LogP) is 22.1. The zero-order valence-corrected chi connectivity index (χ0v) is 93.8. The maximum Gasteiger partial charge on any atom is 0.308 e. The van der Waals surface area contributed by atoms with Gasteiger partial charge < -0.3 is 56.6 Å². The molecule has 8 aliphatic heterocycles. The van der Waals surface area contributed by atoms with E-state index < -0.39 is 34.5 Å². The molecular weight excluding hydrogens is 1940 g/mol. The van der Waals surface area contributed by atoms with Crippen molar-refractivity contribution < 1.29 is 94.7 Å². The molecule has 0 radical (unpaired) electrons. The summed E-state index contributed by atoms with van der Waals surface area (Å²) in [4.78, 5) is 195. The Labute approximate surface area is 894 Å². The van der Waals surface area contributed by atoms with Crippen LogP contribution >= 0.6 is 17.1 Å². The Hall–Kier alpha value is -9.82. The van der Waals surface area contributed by atoms with E-state index in [-0.39, 0.29) is 133 Å². The largest absolute Gasteiger partial charge is 0.444 e. The van der Waals surface area contributed by atoms with Gasteiger partial charge in [0, 0.05) is 134 Å². The molecule has 0 bridgehead atoms. The molecule has 0 aromatic heterocycles. The Morgan fingerprint density at radius 1 is 0.373 bits per heavy atom. The van der Waals surface area contributed by atoms with Gasteiger partial charge in [0.25, 0.3) is 64.3 Å². The van der Waals surface area contributed by atoms with E-state index in [9.17, 15) is 67.1 Å². The van der Waals surface area contributed by atoms with Crippen molar-refractivity contribution in [3.8, 4) is 0 Å². The fourth-order valence-electron chi connectivity index (χ4n) is 21.8. The standard InChI is InChI=1S/C31H47N4O5P.C31H49N4O4P.C27H36N2O6.C27H38N2O5/c1-7-28(40-41(39-22-19-32-6)35(23(2)3)24(4)5)27-17-12-14-20-33(27)29(36)18-9-8-13-21-34-30(37)25-15-10-11-16-26(25)31(34)38;1-7-29(39-40(38-23-19-32-6)35(24(2)3)25(4)5)28-18-12-15-21-33(28)20-13-8-9-14-22-34-30(36)26-16-10-11-17-27(26)31(34)37;1-3-16-27(35-24(32)15-14-20(2)30)17-8-10-19-29(27)23(31)13-5-4-9-18-28-25(33)21-11-6-7-12-22(21)26(28)34;1-3-16-27(34-24(31)15-14-21(2)30)17-8-11-19-28(27)18-9-4-5-10-20-29-25(32)22-12-6-7-13-23(22)26(29)33/h10-11,15-16,23-24,27-28H,7-9,12-14,17-22H2,1-5H3;10-11,16-17,24-25,28-29H,7-9,12-15,18-23H2,1-5H3;6-7,11-12H,3-5,8-10,13-19H2,1-2H3;6-7,12-13H,3-5,8-11,14-20H2,1-2H3. The monoisotopic (exact) mass is 2110 g/mol. The number of carbonyl (C=O) groups is 14. The highest BCUT2D eigenvalue weighted by atomic mass is 31.2. The van der Waals surface area contributed by atoms with Crippen LogP contribution in [0, 0.1) is 13.1 Å². The molecule has 150 heavy (non-hydrogen) atoms. The zero-order chi connectivity index (χ0) is 109. The molecule has 0 N–H and O–H groups in total. The Morgan fingerprint density at radius 3 is 1.06 bits per heavy atom. The fraction of sp³-hybridized carbons (Fsp3) is 0.655. The van der Waals surface area contributed by atoms with Crippen LogP contribution in [0.25, 0.3) is 9.69 Å².